The zero-order valence-corrected chi connectivity index (χ0v) is 13.0. The van der Waals surface area contributed by atoms with Crippen LogP contribution in [0.15, 0.2) is 22.8 Å². The molecule has 1 saturated carbocycles. The topological polar surface area (TPSA) is 73.4 Å². The third kappa shape index (κ3) is 3.14. The molecule has 7 heteroatoms. The van der Waals surface area contributed by atoms with Crippen LogP contribution in [0.4, 0.5) is 0 Å². The molecular weight excluding hydrogens is 296 g/mol. The average molecular weight is 316 g/mol. The van der Waals surface area contributed by atoms with Crippen molar-refractivity contribution >= 4 is 5.91 Å². The van der Waals surface area contributed by atoms with E-state index in [1.54, 1.807) is 17.0 Å². The lowest BCUT2D eigenvalue weighted by atomic mass is 10.3. The number of amides is 1. The number of fused-ring (bicyclic) bond motifs is 1. The van der Waals surface area contributed by atoms with Crippen molar-refractivity contribution in [3.8, 4) is 0 Å². The minimum absolute atomic E-state index is 0.0884. The van der Waals surface area contributed by atoms with Gasteiger partial charge in [0.1, 0.15) is 5.69 Å². The van der Waals surface area contributed by atoms with Gasteiger partial charge in [0, 0.05) is 19.7 Å². The van der Waals surface area contributed by atoms with E-state index in [4.69, 9.17) is 9.15 Å². The van der Waals surface area contributed by atoms with Crippen LogP contribution in [-0.2, 0) is 24.4 Å². The summed E-state index contributed by atoms with van der Waals surface area (Å²) in [5.74, 6) is 1.01. The fraction of sp³-hybridized carbons (Fsp3) is 0.562. The monoisotopic (exact) mass is 316 g/mol. The predicted octanol–water partition coefficient (Wildman–Crippen LogP) is 1.84. The highest BCUT2D eigenvalue weighted by molar-refractivity contribution is 5.91. The maximum absolute atomic E-state index is 12.5. The van der Waals surface area contributed by atoms with Gasteiger partial charge >= 0.3 is 0 Å². The average Bonchev–Trinajstić information content (AvgIpc) is 3.14. The minimum Gasteiger partial charge on any atom is -0.459 e. The molecule has 1 fully saturated rings. The molecule has 1 amide bonds. The smallest absolute Gasteiger partial charge is 0.289 e. The summed E-state index contributed by atoms with van der Waals surface area (Å²) in [7, 11) is 0. The molecule has 2 aromatic rings. The lowest BCUT2D eigenvalue weighted by Gasteiger charge is -2.19. The number of aryl methyl sites for hydroxylation is 1. The first-order valence-corrected chi connectivity index (χ1v) is 8.13. The first-order valence-electron chi connectivity index (χ1n) is 8.13. The van der Waals surface area contributed by atoms with E-state index >= 15 is 0 Å². The number of furan rings is 1. The van der Waals surface area contributed by atoms with E-state index in [2.05, 4.69) is 10.3 Å². The predicted molar refractivity (Wildman–Crippen MR) is 80.5 cm³/mol. The van der Waals surface area contributed by atoms with Gasteiger partial charge in [-0.05, 0) is 37.3 Å². The van der Waals surface area contributed by atoms with Gasteiger partial charge < -0.3 is 14.1 Å². The number of carbonyl (C=O) groups is 1. The summed E-state index contributed by atoms with van der Waals surface area (Å²) in [4.78, 5) is 14.3. The second kappa shape index (κ2) is 6.16. The Morgan fingerprint density at radius 3 is 3.09 bits per heavy atom. The molecule has 2 aliphatic rings. The van der Waals surface area contributed by atoms with E-state index in [1.165, 1.54) is 19.1 Å². The van der Waals surface area contributed by atoms with E-state index in [-0.39, 0.29) is 5.91 Å². The molecule has 1 aliphatic heterocycles. The Labute approximate surface area is 134 Å². The second-order valence-electron chi connectivity index (χ2n) is 6.22. The third-order valence-corrected chi connectivity index (χ3v) is 4.37. The zero-order valence-electron chi connectivity index (χ0n) is 13.0. The Bertz CT molecular complexity index is 676. The summed E-state index contributed by atoms with van der Waals surface area (Å²) < 4.78 is 12.9. The van der Waals surface area contributed by atoms with Gasteiger partial charge in [-0.1, -0.05) is 5.21 Å². The van der Waals surface area contributed by atoms with Crippen LogP contribution in [0.2, 0.25) is 0 Å². The SMILES string of the molecule is O=C(c1ccco1)N1CCCn2nnc(COCC3CC3)c2C1. The number of aromatic nitrogens is 3. The fourth-order valence-electron chi connectivity index (χ4n) is 2.84. The molecule has 0 aromatic carbocycles. The van der Waals surface area contributed by atoms with Crippen molar-refractivity contribution in [1.82, 2.24) is 19.9 Å². The third-order valence-electron chi connectivity index (χ3n) is 4.37. The molecule has 0 bridgehead atoms. The molecule has 3 heterocycles. The molecule has 4 rings (SSSR count). The van der Waals surface area contributed by atoms with Crippen LogP contribution in [0.25, 0.3) is 0 Å². The van der Waals surface area contributed by atoms with Crippen molar-refractivity contribution in [2.45, 2.75) is 39.0 Å². The van der Waals surface area contributed by atoms with Crippen LogP contribution >= 0.6 is 0 Å². The van der Waals surface area contributed by atoms with Crippen molar-refractivity contribution < 1.29 is 13.9 Å². The normalized spacial score (nSPS) is 17.8. The molecule has 2 aromatic heterocycles. The van der Waals surface area contributed by atoms with Gasteiger partial charge in [-0.15, -0.1) is 5.10 Å². The lowest BCUT2D eigenvalue weighted by Crippen LogP contribution is -2.30. The van der Waals surface area contributed by atoms with Crippen molar-refractivity contribution in [2.75, 3.05) is 13.2 Å². The highest BCUT2D eigenvalue weighted by Crippen LogP contribution is 2.29. The Morgan fingerprint density at radius 1 is 1.39 bits per heavy atom. The maximum atomic E-state index is 12.5. The van der Waals surface area contributed by atoms with E-state index in [0.717, 1.165) is 36.9 Å². The molecule has 0 spiro atoms. The number of rotatable bonds is 5. The van der Waals surface area contributed by atoms with Gasteiger partial charge in [0.15, 0.2) is 5.76 Å². The first-order chi connectivity index (χ1) is 11.3. The van der Waals surface area contributed by atoms with Gasteiger partial charge in [-0.3, -0.25) is 4.79 Å². The molecule has 0 atom stereocenters. The van der Waals surface area contributed by atoms with Gasteiger partial charge in [0.2, 0.25) is 0 Å². The summed E-state index contributed by atoms with van der Waals surface area (Å²) in [5, 5.41) is 8.45. The van der Waals surface area contributed by atoms with Crippen LogP contribution in [0.1, 0.15) is 41.2 Å². The van der Waals surface area contributed by atoms with Gasteiger partial charge in [-0.2, -0.15) is 0 Å². The largest absolute Gasteiger partial charge is 0.459 e. The Kier molecular flexibility index (Phi) is 3.87. The van der Waals surface area contributed by atoms with Crippen LogP contribution in [0.3, 0.4) is 0 Å². The van der Waals surface area contributed by atoms with Crippen LogP contribution in [-0.4, -0.2) is 39.0 Å². The number of hydrogen-bond acceptors (Lipinski definition) is 5. The highest BCUT2D eigenvalue weighted by Gasteiger charge is 2.26. The van der Waals surface area contributed by atoms with Gasteiger partial charge in [0.25, 0.3) is 5.91 Å². The van der Waals surface area contributed by atoms with E-state index in [0.29, 0.717) is 25.5 Å². The Hall–Kier alpha value is -2.15. The lowest BCUT2D eigenvalue weighted by molar-refractivity contribution is 0.0709. The quantitative estimate of drug-likeness (QED) is 0.841. The zero-order chi connectivity index (χ0) is 15.6. The van der Waals surface area contributed by atoms with E-state index < -0.39 is 0 Å². The van der Waals surface area contributed by atoms with Crippen LogP contribution < -0.4 is 0 Å². The highest BCUT2D eigenvalue weighted by atomic mass is 16.5. The summed E-state index contributed by atoms with van der Waals surface area (Å²) in [6, 6.07) is 3.43. The van der Waals surface area contributed by atoms with Crippen LogP contribution in [0.5, 0.6) is 0 Å². The number of hydrogen-bond donors (Lipinski definition) is 0. The van der Waals surface area contributed by atoms with Gasteiger partial charge in [-0.25, -0.2) is 4.68 Å². The number of ether oxygens (including phenoxy) is 1. The summed E-state index contributed by atoms with van der Waals surface area (Å²) in [5.41, 5.74) is 1.81. The molecule has 0 radical (unpaired) electrons. The minimum atomic E-state index is -0.0884. The molecule has 0 unspecified atom stereocenters. The molecule has 1 aliphatic carbocycles. The molecule has 122 valence electrons. The summed E-state index contributed by atoms with van der Waals surface area (Å²) in [6.45, 7) is 3.21. The molecule has 23 heavy (non-hydrogen) atoms. The van der Waals surface area contributed by atoms with Crippen molar-refractivity contribution in [3.05, 3.63) is 35.5 Å². The van der Waals surface area contributed by atoms with Crippen molar-refractivity contribution in [1.29, 1.82) is 0 Å². The van der Waals surface area contributed by atoms with E-state index in [1.807, 2.05) is 4.68 Å². The van der Waals surface area contributed by atoms with Crippen molar-refractivity contribution in [3.63, 3.8) is 0 Å². The molecule has 0 N–H and O–H groups in total. The summed E-state index contributed by atoms with van der Waals surface area (Å²) >= 11 is 0. The van der Waals surface area contributed by atoms with Crippen molar-refractivity contribution in [2.24, 2.45) is 5.92 Å². The number of nitrogens with zero attached hydrogens (tertiary/aromatic N) is 4. The number of carbonyl (C=O) groups excluding carboxylic acids is 1. The van der Waals surface area contributed by atoms with Gasteiger partial charge in [0.05, 0.1) is 25.1 Å². The molecule has 0 saturated heterocycles. The fourth-order valence-corrected chi connectivity index (χ4v) is 2.84. The Balaban J connectivity index is 1.48. The maximum Gasteiger partial charge on any atom is 0.289 e. The first kappa shape index (κ1) is 14.4. The van der Waals surface area contributed by atoms with E-state index in [9.17, 15) is 4.79 Å². The summed E-state index contributed by atoms with van der Waals surface area (Å²) in [6.07, 6.45) is 4.91. The molecular formula is C16H20N4O3. The molecule has 7 nitrogen and oxygen atoms in total. The standard InChI is InChI=1S/C16H20N4O3/c21-16(15-3-1-8-23-15)19-6-2-7-20-14(9-19)13(17-18-20)11-22-10-12-4-5-12/h1,3,8,12H,2,4-7,9-11H2. The Morgan fingerprint density at radius 2 is 2.30 bits per heavy atom. The second-order valence-corrected chi connectivity index (χ2v) is 6.22. The van der Waals surface area contributed by atoms with Crippen LogP contribution in [0, 0.1) is 5.92 Å².